The van der Waals surface area contributed by atoms with Gasteiger partial charge < -0.3 is 10.3 Å². The summed E-state index contributed by atoms with van der Waals surface area (Å²) in [6.07, 6.45) is 4.06. The number of hydrogen-bond donors (Lipinski definition) is 2. The number of H-pyrrole nitrogens is 1. The Hall–Kier alpha value is -2.40. The van der Waals surface area contributed by atoms with Gasteiger partial charge in [-0.3, -0.25) is 9.48 Å². The summed E-state index contributed by atoms with van der Waals surface area (Å²) in [5.74, 6) is 0. The molecule has 2 heterocycles. The molecule has 0 atom stereocenters. The van der Waals surface area contributed by atoms with Gasteiger partial charge in [-0.05, 0) is 36.8 Å². The van der Waals surface area contributed by atoms with E-state index in [0.29, 0.717) is 6.04 Å². The van der Waals surface area contributed by atoms with Crippen LogP contribution in [-0.4, -0.2) is 20.8 Å². The molecular formula is C21H26N4O. The maximum Gasteiger partial charge on any atom is 0.253 e. The highest BCUT2D eigenvalue weighted by molar-refractivity contribution is 5.94. The predicted molar refractivity (Wildman–Crippen MR) is 105 cm³/mol. The first-order valence-corrected chi connectivity index (χ1v) is 9.48. The van der Waals surface area contributed by atoms with E-state index in [1.54, 1.807) is 4.68 Å². The number of pyridine rings is 1. The molecule has 1 aliphatic carbocycles. The van der Waals surface area contributed by atoms with Crippen molar-refractivity contribution in [2.45, 2.75) is 52.1 Å². The lowest BCUT2D eigenvalue weighted by Crippen LogP contribution is -2.21. The van der Waals surface area contributed by atoms with Gasteiger partial charge in [-0.1, -0.05) is 38.1 Å². The average Bonchev–Trinajstić information content (AvgIpc) is 2.97. The molecule has 3 aromatic rings. The van der Waals surface area contributed by atoms with E-state index in [4.69, 9.17) is 5.10 Å². The number of rotatable bonds is 4. The Morgan fingerprint density at radius 3 is 2.54 bits per heavy atom. The quantitative estimate of drug-likeness (QED) is 0.759. The minimum absolute atomic E-state index is 0.0526. The summed E-state index contributed by atoms with van der Waals surface area (Å²) in [5, 5.41) is 9.31. The fourth-order valence-electron chi connectivity index (χ4n) is 3.87. The molecule has 0 radical (unpaired) electrons. The van der Waals surface area contributed by atoms with Gasteiger partial charge in [0.2, 0.25) is 0 Å². The molecule has 5 nitrogen and oxygen atoms in total. The van der Waals surface area contributed by atoms with Crippen LogP contribution in [0.2, 0.25) is 0 Å². The van der Waals surface area contributed by atoms with E-state index >= 15 is 0 Å². The fraction of sp³-hybridized carbons (Fsp3) is 0.429. The number of hydrogen-bond acceptors (Lipinski definition) is 3. The second-order valence-corrected chi connectivity index (χ2v) is 7.55. The number of fused-ring (bicyclic) bond motifs is 3. The number of nitrogens with one attached hydrogen (secondary N) is 2. The number of aromatic nitrogens is 3. The zero-order valence-corrected chi connectivity index (χ0v) is 15.7. The van der Waals surface area contributed by atoms with E-state index in [1.807, 2.05) is 7.05 Å². The second-order valence-electron chi connectivity index (χ2n) is 7.55. The van der Waals surface area contributed by atoms with Gasteiger partial charge in [0.15, 0.2) is 0 Å². The molecule has 136 valence electrons. The highest BCUT2D eigenvalue weighted by atomic mass is 16.1. The smallest absolute Gasteiger partial charge is 0.253 e. The molecule has 0 amide bonds. The molecule has 1 aliphatic rings. The van der Waals surface area contributed by atoms with E-state index < -0.39 is 0 Å². The van der Waals surface area contributed by atoms with Crippen LogP contribution in [0.3, 0.4) is 0 Å². The third-order valence-electron chi connectivity index (χ3n) is 5.26. The van der Waals surface area contributed by atoms with Crippen molar-refractivity contribution >= 4 is 11.0 Å². The van der Waals surface area contributed by atoms with Crippen LogP contribution >= 0.6 is 0 Å². The SMILES string of the molecule is CC(C)NCc1ccc(-c2nn(C)c3[nH]c(=O)c4c(c23)CCCC4)cc1. The Bertz CT molecular complexity index is 996. The van der Waals surface area contributed by atoms with Gasteiger partial charge in [-0.2, -0.15) is 5.10 Å². The third-order valence-corrected chi connectivity index (χ3v) is 5.26. The molecule has 0 saturated carbocycles. The summed E-state index contributed by atoms with van der Waals surface area (Å²) in [6.45, 7) is 5.17. The van der Waals surface area contributed by atoms with Gasteiger partial charge in [-0.15, -0.1) is 0 Å². The Morgan fingerprint density at radius 1 is 1.15 bits per heavy atom. The zero-order valence-electron chi connectivity index (χ0n) is 15.7. The van der Waals surface area contributed by atoms with Crippen molar-refractivity contribution in [3.8, 4) is 11.3 Å². The first-order valence-electron chi connectivity index (χ1n) is 9.48. The molecular weight excluding hydrogens is 324 g/mol. The molecule has 26 heavy (non-hydrogen) atoms. The lowest BCUT2D eigenvalue weighted by atomic mass is 9.89. The normalized spacial score (nSPS) is 14.2. The second kappa shape index (κ2) is 6.72. The fourth-order valence-corrected chi connectivity index (χ4v) is 3.87. The Labute approximate surface area is 153 Å². The highest BCUT2D eigenvalue weighted by Gasteiger charge is 2.22. The van der Waals surface area contributed by atoms with Crippen LogP contribution in [0.1, 0.15) is 43.4 Å². The Balaban J connectivity index is 1.81. The molecule has 4 rings (SSSR count). The van der Waals surface area contributed by atoms with Crippen LogP contribution < -0.4 is 10.9 Å². The molecule has 2 N–H and O–H groups in total. The Morgan fingerprint density at radius 2 is 1.85 bits per heavy atom. The molecule has 2 aromatic heterocycles. The lowest BCUT2D eigenvalue weighted by molar-refractivity contribution is 0.589. The molecule has 0 saturated heterocycles. The van der Waals surface area contributed by atoms with Gasteiger partial charge >= 0.3 is 0 Å². The number of aryl methyl sites for hydroxylation is 2. The predicted octanol–water partition coefficient (Wildman–Crippen LogP) is 3.31. The first-order chi connectivity index (χ1) is 12.5. The van der Waals surface area contributed by atoms with E-state index in [1.165, 1.54) is 11.1 Å². The summed E-state index contributed by atoms with van der Waals surface area (Å²) in [4.78, 5) is 15.5. The summed E-state index contributed by atoms with van der Waals surface area (Å²) in [6, 6.07) is 9.06. The minimum atomic E-state index is 0.0526. The molecule has 0 fully saturated rings. The molecule has 0 unspecified atom stereocenters. The monoisotopic (exact) mass is 350 g/mol. The average molecular weight is 350 g/mol. The van der Waals surface area contributed by atoms with Crippen LogP contribution in [0, 0.1) is 0 Å². The molecule has 0 spiro atoms. The topological polar surface area (TPSA) is 62.7 Å². The maximum atomic E-state index is 12.4. The molecule has 5 heteroatoms. The van der Waals surface area contributed by atoms with Crippen LogP contribution in [0.4, 0.5) is 0 Å². The third kappa shape index (κ3) is 2.97. The molecule has 1 aromatic carbocycles. The van der Waals surface area contributed by atoms with Gasteiger partial charge in [-0.25, -0.2) is 0 Å². The first kappa shape index (κ1) is 17.0. The molecule has 0 aliphatic heterocycles. The largest absolute Gasteiger partial charge is 0.310 e. The summed E-state index contributed by atoms with van der Waals surface area (Å²) in [5.41, 5.74) is 6.37. The van der Waals surface area contributed by atoms with Crippen LogP contribution in [0.15, 0.2) is 29.1 Å². The highest BCUT2D eigenvalue weighted by Crippen LogP contribution is 2.33. The minimum Gasteiger partial charge on any atom is -0.310 e. The Kier molecular flexibility index (Phi) is 4.41. The van der Waals surface area contributed by atoms with Gasteiger partial charge in [0, 0.05) is 36.1 Å². The van der Waals surface area contributed by atoms with Gasteiger partial charge in [0.25, 0.3) is 5.56 Å². The summed E-state index contributed by atoms with van der Waals surface area (Å²) >= 11 is 0. The van der Waals surface area contributed by atoms with E-state index in [0.717, 1.165) is 60.1 Å². The number of aromatic amines is 1. The van der Waals surface area contributed by atoms with Crippen molar-refractivity contribution in [1.29, 1.82) is 0 Å². The van der Waals surface area contributed by atoms with Crippen molar-refractivity contribution < 1.29 is 0 Å². The van der Waals surface area contributed by atoms with E-state index in [9.17, 15) is 4.79 Å². The number of nitrogens with zero attached hydrogens (tertiary/aromatic N) is 2. The molecule has 0 bridgehead atoms. The standard InChI is InChI=1S/C21H26N4O/c1-13(2)22-12-14-8-10-15(11-9-14)19-18-16-6-4-5-7-17(16)21(26)23-20(18)25(3)24-19/h8-11,13,22H,4-7,12H2,1-3H3,(H,23,26). The van der Waals surface area contributed by atoms with E-state index in [-0.39, 0.29) is 5.56 Å². The summed E-state index contributed by atoms with van der Waals surface area (Å²) < 4.78 is 1.80. The van der Waals surface area contributed by atoms with Crippen molar-refractivity contribution in [2.24, 2.45) is 7.05 Å². The van der Waals surface area contributed by atoms with Crippen LogP contribution in [0.25, 0.3) is 22.3 Å². The van der Waals surface area contributed by atoms with Crippen molar-refractivity contribution in [3.63, 3.8) is 0 Å². The van der Waals surface area contributed by atoms with Gasteiger partial charge in [0.05, 0.1) is 0 Å². The van der Waals surface area contributed by atoms with Crippen molar-refractivity contribution in [3.05, 3.63) is 51.3 Å². The van der Waals surface area contributed by atoms with E-state index in [2.05, 4.69) is 48.4 Å². The van der Waals surface area contributed by atoms with Crippen molar-refractivity contribution in [1.82, 2.24) is 20.1 Å². The lowest BCUT2D eigenvalue weighted by Gasteiger charge is -2.16. The maximum absolute atomic E-state index is 12.4. The van der Waals surface area contributed by atoms with Crippen LogP contribution in [0.5, 0.6) is 0 Å². The van der Waals surface area contributed by atoms with Crippen LogP contribution in [-0.2, 0) is 26.4 Å². The summed E-state index contributed by atoms with van der Waals surface area (Å²) in [7, 11) is 1.90. The van der Waals surface area contributed by atoms with Gasteiger partial charge in [0.1, 0.15) is 11.3 Å². The van der Waals surface area contributed by atoms with Crippen molar-refractivity contribution in [2.75, 3.05) is 0 Å². The number of benzene rings is 1. The zero-order chi connectivity index (χ0) is 18.3.